The summed E-state index contributed by atoms with van der Waals surface area (Å²) in [5.41, 5.74) is -5.96. The molecule has 0 aromatic carbocycles. The molecule has 0 N–H and O–H groups in total. The summed E-state index contributed by atoms with van der Waals surface area (Å²) in [7, 11) is 0. The maximum atomic E-state index is 13.2. The van der Waals surface area contributed by atoms with Gasteiger partial charge in [-0.25, -0.2) is 48.1 Å². The Morgan fingerprint density at radius 3 is 0.678 bits per heavy atom. The minimum Gasteiger partial charge on any atom is -0.264 e. The van der Waals surface area contributed by atoms with Crippen molar-refractivity contribution in [3.05, 3.63) is 245 Å². The van der Waals surface area contributed by atoms with Crippen LogP contribution in [0, 0.1) is 35.2 Å². The van der Waals surface area contributed by atoms with Crippen molar-refractivity contribution < 1.29 is 132 Å². The summed E-state index contributed by atoms with van der Waals surface area (Å²) in [5.74, 6) is -6.61. The number of rotatable bonds is 15. The van der Waals surface area contributed by atoms with Crippen LogP contribution in [0.25, 0.3) is 74.0 Å². The maximum absolute atomic E-state index is 13.2. The van der Waals surface area contributed by atoms with E-state index in [2.05, 4.69) is 69.8 Å². The molecular formula is C92H82F30N14S7. The van der Waals surface area contributed by atoms with Crippen LogP contribution in [0.15, 0.2) is 153 Å². The molecule has 15 rings (SSSR count). The average Bonchev–Trinajstić information content (AvgIpc) is 1.67. The van der Waals surface area contributed by atoms with Crippen molar-refractivity contribution >= 4 is 79.4 Å². The molecule has 5 atom stereocenters. The minimum absolute atomic E-state index is 0.0463. The molecule has 1 aliphatic rings. The first kappa shape index (κ1) is 116. The van der Waals surface area contributed by atoms with Crippen molar-refractivity contribution in [1.82, 2.24) is 69.8 Å². The molecule has 0 spiro atoms. The van der Waals surface area contributed by atoms with E-state index in [4.69, 9.17) is 0 Å². The van der Waals surface area contributed by atoms with E-state index in [1.54, 1.807) is 117 Å². The van der Waals surface area contributed by atoms with E-state index in [0.717, 1.165) is 113 Å². The second kappa shape index (κ2) is 46.0. The average molecular weight is 2180 g/mol. The summed E-state index contributed by atoms with van der Waals surface area (Å²) in [6.45, 7) is 24.6. The molecule has 14 heterocycles. The van der Waals surface area contributed by atoms with Gasteiger partial charge in [-0.05, 0) is 140 Å². The molecule has 0 radical (unpaired) electrons. The molecule has 5 unspecified atom stereocenters. The smallest absolute Gasteiger partial charge is 0.264 e. The van der Waals surface area contributed by atoms with Crippen LogP contribution in [-0.4, -0.2) is 82.1 Å². The van der Waals surface area contributed by atoms with Crippen molar-refractivity contribution in [3.63, 3.8) is 0 Å². The minimum atomic E-state index is -5.04. The third kappa shape index (κ3) is 31.5. The fourth-order valence-electron chi connectivity index (χ4n) is 12.3. The summed E-state index contributed by atoms with van der Waals surface area (Å²) < 4.78 is 389. The number of thiazole rings is 7. The van der Waals surface area contributed by atoms with E-state index >= 15 is 0 Å². The fraction of sp³-hybridized carbons (Fsp3) is 0.391. The highest BCUT2D eigenvalue weighted by Crippen LogP contribution is 2.54. The van der Waals surface area contributed by atoms with E-state index in [1.807, 2.05) is 34.6 Å². The molecule has 14 nitrogen and oxygen atoms in total. The molecule has 14 aromatic heterocycles. The van der Waals surface area contributed by atoms with E-state index in [0.29, 0.717) is 72.6 Å². The third-order valence-electron chi connectivity index (χ3n) is 20.6. The molecule has 143 heavy (non-hydrogen) atoms. The Morgan fingerprint density at radius 1 is 0.259 bits per heavy atom. The zero-order valence-corrected chi connectivity index (χ0v) is 82.6. The zero-order valence-electron chi connectivity index (χ0n) is 76.9. The van der Waals surface area contributed by atoms with Crippen LogP contribution in [0.5, 0.6) is 0 Å². The van der Waals surface area contributed by atoms with Crippen molar-refractivity contribution in [2.75, 3.05) is 0 Å². The summed E-state index contributed by atoms with van der Waals surface area (Å²) in [6, 6.07) is 16.3. The Balaban J connectivity index is 0.000000186. The standard InChI is InChI=1S/C14H14F4N2S.C14H13F3N2S.C14H15F3N2S.C13H12F4N2S.C13H13F3N2S.C12H7F7N2S.C12H8F6N2S/c1-7(2)8(3)11-12(14(16,17)18)20-13(21-11)9-4-10(15)6-19-5-9;1-8(9-4-5-9)11-12(14(15,16)17)19-13(20-11)10-3-2-6-18-7-10;1-8(2)9(3)11-12(14(15,16)17)19-13(20-11)10-5-4-6-18-7-10;1-12(2,3)10-9(13(15,16)17)19-11(20-10)7-4-8(14)6-18-5-7;1-12(2,3)10-9(13(14,15)16)18-11(19-10)8-5-4-6-17-7-8;1-5(11(14,15)16)8-9(12(17,18)19)21-10(22-8)6-2-7(13)4-20-3-6;1-6(11(13,14)15)8-9(12(16,17)18)20-10(21-8)7-3-2-4-19-5-7/h4-8H,1-3H3;2-3,6-9H,4-5H2,1H3;4-9H,1-3H3;4-6H,1-3H3;4-7H,1-3H3;2-5H,1H3;2-6H,1H3. The largest absolute Gasteiger partial charge is 0.434 e. The molecule has 772 valence electrons. The monoisotopic (exact) mass is 2180 g/mol. The lowest BCUT2D eigenvalue weighted by atomic mass is 9.93. The van der Waals surface area contributed by atoms with Gasteiger partial charge < -0.3 is 0 Å². The van der Waals surface area contributed by atoms with Gasteiger partial charge >= 0.3 is 55.6 Å². The number of aromatic nitrogens is 14. The molecule has 0 amide bonds. The second-order valence-corrected chi connectivity index (χ2v) is 41.5. The van der Waals surface area contributed by atoms with Crippen molar-refractivity contribution in [2.24, 2.45) is 17.8 Å². The van der Waals surface area contributed by atoms with Gasteiger partial charge in [0.15, 0.2) is 39.9 Å². The Morgan fingerprint density at radius 2 is 0.469 bits per heavy atom. The van der Waals surface area contributed by atoms with Gasteiger partial charge in [-0.15, -0.1) is 79.4 Å². The number of nitrogens with zero attached hydrogens (tertiary/aromatic N) is 14. The Kier molecular flexibility index (Phi) is 37.3. The van der Waals surface area contributed by atoms with Crippen LogP contribution in [0.4, 0.5) is 132 Å². The normalized spacial score (nSPS) is 14.1. The Hall–Kier alpha value is -10.6. The molecule has 1 aliphatic carbocycles. The molecular weight excluding hydrogens is 2100 g/mol. The summed E-state index contributed by atoms with van der Waals surface area (Å²) in [5, 5.41) is 0.865. The fourth-order valence-corrected chi connectivity index (χ4v) is 20.7. The van der Waals surface area contributed by atoms with E-state index < -0.39 is 145 Å². The molecule has 14 aromatic rings. The van der Waals surface area contributed by atoms with Crippen molar-refractivity contribution in [2.45, 2.75) is 213 Å². The molecule has 0 bridgehead atoms. The molecule has 51 heteroatoms. The van der Waals surface area contributed by atoms with Crippen LogP contribution >= 0.6 is 79.4 Å². The molecule has 0 saturated heterocycles. The zero-order chi connectivity index (χ0) is 107. The van der Waals surface area contributed by atoms with Crippen molar-refractivity contribution in [1.29, 1.82) is 0 Å². The summed E-state index contributed by atoms with van der Waals surface area (Å²) in [4.78, 5) is 50.9. The summed E-state index contributed by atoms with van der Waals surface area (Å²) in [6.07, 6.45) is -21.4. The number of pyridine rings is 7. The predicted octanol–water partition coefficient (Wildman–Crippen LogP) is 33.9. The maximum Gasteiger partial charge on any atom is 0.434 e. The molecule has 1 fully saturated rings. The first-order valence-electron chi connectivity index (χ1n) is 42.0. The number of hydrogen-bond donors (Lipinski definition) is 0. The molecule has 0 aliphatic heterocycles. The van der Waals surface area contributed by atoms with Crippen LogP contribution in [0.3, 0.4) is 0 Å². The highest BCUT2D eigenvalue weighted by Gasteiger charge is 2.51. The van der Waals surface area contributed by atoms with Gasteiger partial charge in [-0.2, -0.15) is 119 Å². The van der Waals surface area contributed by atoms with Gasteiger partial charge in [0.2, 0.25) is 0 Å². The highest BCUT2D eigenvalue weighted by molar-refractivity contribution is 7.17. The third-order valence-corrected chi connectivity index (χ3v) is 30.1. The highest BCUT2D eigenvalue weighted by atomic mass is 32.1. The van der Waals surface area contributed by atoms with E-state index in [-0.39, 0.29) is 97.8 Å². The lowest BCUT2D eigenvalue weighted by molar-refractivity contribution is -0.155. The van der Waals surface area contributed by atoms with Crippen LogP contribution in [-0.2, 0) is 54.1 Å². The molecule has 1 saturated carbocycles. The first-order chi connectivity index (χ1) is 65.8. The van der Waals surface area contributed by atoms with Gasteiger partial charge in [0.05, 0.1) is 30.4 Å². The topological polar surface area (TPSA) is 180 Å². The lowest BCUT2D eigenvalue weighted by Crippen LogP contribution is -2.20. The van der Waals surface area contributed by atoms with Crippen LogP contribution in [0.1, 0.15) is 220 Å². The van der Waals surface area contributed by atoms with E-state index in [9.17, 15) is 132 Å². The van der Waals surface area contributed by atoms with Crippen LogP contribution in [0.2, 0.25) is 0 Å². The lowest BCUT2D eigenvalue weighted by Gasteiger charge is -2.18. The summed E-state index contributed by atoms with van der Waals surface area (Å²) >= 11 is 5.80. The number of hydrogen-bond acceptors (Lipinski definition) is 21. The van der Waals surface area contributed by atoms with E-state index in [1.165, 1.54) is 49.3 Å². The van der Waals surface area contributed by atoms with Gasteiger partial charge in [0, 0.05) is 141 Å². The second-order valence-electron chi connectivity index (χ2n) is 34.4. The van der Waals surface area contributed by atoms with Gasteiger partial charge in [-0.1, -0.05) is 90.0 Å². The first-order valence-corrected chi connectivity index (χ1v) is 47.7. The van der Waals surface area contributed by atoms with Gasteiger partial charge in [0.25, 0.3) is 0 Å². The van der Waals surface area contributed by atoms with Gasteiger partial charge in [-0.3, -0.25) is 34.9 Å². The SMILES string of the molecule is CC(C)(C)c1sc(-c2cccnc2)nc1C(F)(F)F.CC(C)(C)c1sc(-c2cncc(F)c2)nc1C(F)(F)F.CC(C)C(C)c1sc(-c2cccnc2)nc1C(F)(F)F.CC(C)C(C)c1sc(-c2cncc(F)c2)nc1C(F)(F)F.CC(c1sc(-c2cccnc2)nc1C(F)(F)F)C(F)(F)F.CC(c1sc(-c2cccnc2)nc1C(F)(F)F)C1CC1.CC(c1sc(-c2cncc(F)c2)nc1C(F)(F)F)C(F)(F)F. The Bertz CT molecular complexity index is 6310. The predicted molar refractivity (Wildman–Crippen MR) is 486 cm³/mol. The number of alkyl halides is 27. The Labute approximate surface area is 825 Å². The van der Waals surface area contributed by atoms with Crippen molar-refractivity contribution in [3.8, 4) is 74.0 Å². The van der Waals surface area contributed by atoms with Gasteiger partial charge in [0.1, 0.15) is 52.5 Å². The quantitative estimate of drug-likeness (QED) is 0.0884. The number of halogens is 30. The van der Waals surface area contributed by atoms with Crippen LogP contribution < -0.4 is 0 Å².